The van der Waals surface area contributed by atoms with E-state index in [0.717, 1.165) is 25.0 Å². The van der Waals surface area contributed by atoms with Crippen molar-refractivity contribution in [3.05, 3.63) is 0 Å². The molecule has 3 heteroatoms. The van der Waals surface area contributed by atoms with Gasteiger partial charge in [0.15, 0.2) is 0 Å². The van der Waals surface area contributed by atoms with Crippen molar-refractivity contribution in [2.24, 2.45) is 5.41 Å². The third-order valence-electron chi connectivity index (χ3n) is 5.39. The van der Waals surface area contributed by atoms with E-state index in [9.17, 15) is 5.11 Å². The summed E-state index contributed by atoms with van der Waals surface area (Å²) >= 11 is 0. The zero-order valence-electron chi connectivity index (χ0n) is 12.3. The van der Waals surface area contributed by atoms with Gasteiger partial charge in [0, 0.05) is 36.7 Å². The molecule has 0 aromatic rings. The van der Waals surface area contributed by atoms with Gasteiger partial charge in [-0.25, -0.2) is 0 Å². The highest BCUT2D eigenvalue weighted by molar-refractivity contribution is 4.94. The van der Waals surface area contributed by atoms with Crippen molar-refractivity contribution in [2.45, 2.75) is 70.5 Å². The Balaban J connectivity index is 1.84. The largest absolute Gasteiger partial charge is 0.396 e. The Labute approximate surface area is 112 Å². The zero-order chi connectivity index (χ0) is 13.2. The summed E-state index contributed by atoms with van der Waals surface area (Å²) < 4.78 is 0. The van der Waals surface area contributed by atoms with Crippen molar-refractivity contribution in [1.29, 1.82) is 0 Å². The third-order valence-corrected chi connectivity index (χ3v) is 5.39. The van der Waals surface area contributed by atoms with Gasteiger partial charge in [-0.2, -0.15) is 0 Å². The molecular weight excluding hydrogens is 224 g/mol. The lowest BCUT2D eigenvalue weighted by molar-refractivity contribution is 0.0425. The molecule has 3 nitrogen and oxygen atoms in total. The van der Waals surface area contributed by atoms with Crippen molar-refractivity contribution in [3.8, 4) is 0 Å². The summed E-state index contributed by atoms with van der Waals surface area (Å²) in [5.41, 5.74) is 0.0540. The van der Waals surface area contributed by atoms with E-state index in [1.54, 1.807) is 0 Å². The number of aliphatic hydroxyl groups is 1. The molecular formula is C15H30N2O. The van der Waals surface area contributed by atoms with E-state index in [1.807, 2.05) is 0 Å². The van der Waals surface area contributed by atoms with Crippen molar-refractivity contribution < 1.29 is 5.11 Å². The van der Waals surface area contributed by atoms with Crippen LogP contribution in [0.5, 0.6) is 0 Å². The van der Waals surface area contributed by atoms with Gasteiger partial charge >= 0.3 is 0 Å². The summed E-state index contributed by atoms with van der Waals surface area (Å²) in [6, 6.07) is 2.24. The Hall–Kier alpha value is -0.120. The van der Waals surface area contributed by atoms with Crippen LogP contribution in [0.15, 0.2) is 0 Å². The summed E-state index contributed by atoms with van der Waals surface area (Å²) in [5, 5.41) is 13.2. The van der Waals surface area contributed by atoms with Crippen LogP contribution in [-0.4, -0.2) is 48.3 Å². The van der Waals surface area contributed by atoms with Gasteiger partial charge in [-0.1, -0.05) is 20.3 Å². The fraction of sp³-hybridized carbons (Fsp3) is 1.00. The molecule has 18 heavy (non-hydrogen) atoms. The Bertz CT molecular complexity index is 251. The fourth-order valence-corrected chi connectivity index (χ4v) is 3.47. The smallest absolute Gasteiger partial charge is 0.0496 e. The summed E-state index contributed by atoms with van der Waals surface area (Å²) in [6.45, 7) is 5.58. The molecule has 3 unspecified atom stereocenters. The Kier molecular flexibility index (Phi) is 4.68. The fourth-order valence-electron chi connectivity index (χ4n) is 3.47. The maximum atomic E-state index is 9.47. The number of piperidine rings is 2. The molecule has 2 heterocycles. The van der Waals surface area contributed by atoms with Crippen LogP contribution in [0.3, 0.4) is 0 Å². The van der Waals surface area contributed by atoms with Crippen LogP contribution in [-0.2, 0) is 0 Å². The first-order valence-electron chi connectivity index (χ1n) is 7.64. The molecule has 0 aliphatic carbocycles. The van der Waals surface area contributed by atoms with Gasteiger partial charge in [-0.15, -0.1) is 0 Å². The van der Waals surface area contributed by atoms with Crippen LogP contribution in [0.1, 0.15) is 52.4 Å². The predicted molar refractivity (Wildman–Crippen MR) is 75.7 cm³/mol. The van der Waals surface area contributed by atoms with Gasteiger partial charge in [0.05, 0.1) is 0 Å². The summed E-state index contributed by atoms with van der Waals surface area (Å²) in [5.74, 6) is 0. The average Bonchev–Trinajstić information content (AvgIpc) is 2.36. The minimum Gasteiger partial charge on any atom is -0.396 e. The van der Waals surface area contributed by atoms with E-state index in [-0.39, 0.29) is 12.0 Å². The van der Waals surface area contributed by atoms with Gasteiger partial charge in [0.25, 0.3) is 0 Å². The van der Waals surface area contributed by atoms with E-state index in [1.165, 1.54) is 32.1 Å². The number of hydrogen-bond donors (Lipinski definition) is 2. The van der Waals surface area contributed by atoms with Crippen molar-refractivity contribution in [2.75, 3.05) is 20.2 Å². The molecule has 2 bridgehead atoms. The van der Waals surface area contributed by atoms with Gasteiger partial charge in [0.2, 0.25) is 0 Å². The van der Waals surface area contributed by atoms with E-state index >= 15 is 0 Å². The van der Waals surface area contributed by atoms with Crippen LogP contribution in [0.25, 0.3) is 0 Å². The first-order valence-corrected chi connectivity index (χ1v) is 7.64. The second-order valence-corrected chi connectivity index (χ2v) is 6.78. The first-order chi connectivity index (χ1) is 8.58. The van der Waals surface area contributed by atoms with E-state index in [4.69, 9.17) is 0 Å². The number of hydrogen-bond acceptors (Lipinski definition) is 3. The molecule has 2 N–H and O–H groups in total. The minimum atomic E-state index is 0.0540. The SMILES string of the molecule is CCC(C)(CO)CNC1CC2CCCC(C1)N2C. The van der Waals surface area contributed by atoms with Crippen LogP contribution < -0.4 is 5.32 Å². The van der Waals surface area contributed by atoms with E-state index < -0.39 is 0 Å². The highest BCUT2D eigenvalue weighted by Crippen LogP contribution is 2.33. The quantitative estimate of drug-likeness (QED) is 0.788. The third kappa shape index (κ3) is 3.06. The lowest BCUT2D eigenvalue weighted by atomic mass is 9.81. The maximum Gasteiger partial charge on any atom is 0.0496 e. The molecule has 0 spiro atoms. The van der Waals surface area contributed by atoms with Crippen LogP contribution in [0, 0.1) is 5.41 Å². The van der Waals surface area contributed by atoms with Crippen LogP contribution >= 0.6 is 0 Å². The lowest BCUT2D eigenvalue weighted by Crippen LogP contribution is -2.55. The molecule has 3 atom stereocenters. The topological polar surface area (TPSA) is 35.5 Å². The molecule has 0 amide bonds. The standard InChI is InChI=1S/C15H30N2O/c1-4-15(2,11-18)10-16-12-8-13-6-5-7-14(9-12)17(13)3/h12-14,16,18H,4-11H2,1-3H3. The molecule has 2 rings (SSSR count). The monoisotopic (exact) mass is 254 g/mol. The molecule has 0 saturated carbocycles. The molecule has 0 aromatic heterocycles. The second kappa shape index (κ2) is 5.89. The molecule has 2 saturated heterocycles. The highest BCUT2D eigenvalue weighted by atomic mass is 16.3. The van der Waals surface area contributed by atoms with E-state index in [0.29, 0.717) is 6.04 Å². The zero-order valence-corrected chi connectivity index (χ0v) is 12.3. The van der Waals surface area contributed by atoms with Gasteiger partial charge in [-0.3, -0.25) is 0 Å². The summed E-state index contributed by atoms with van der Waals surface area (Å²) in [6.07, 6.45) is 7.77. The van der Waals surface area contributed by atoms with Gasteiger partial charge in [-0.05, 0) is 39.2 Å². The van der Waals surface area contributed by atoms with E-state index in [2.05, 4.69) is 31.1 Å². The molecule has 2 fully saturated rings. The molecule has 2 aliphatic rings. The summed E-state index contributed by atoms with van der Waals surface area (Å²) in [4.78, 5) is 2.60. The number of aliphatic hydroxyl groups excluding tert-OH is 1. The Morgan fingerprint density at radius 3 is 2.39 bits per heavy atom. The number of nitrogens with zero attached hydrogens (tertiary/aromatic N) is 1. The Morgan fingerprint density at radius 2 is 1.89 bits per heavy atom. The van der Waals surface area contributed by atoms with Crippen LogP contribution in [0.2, 0.25) is 0 Å². The normalized spacial score (nSPS) is 36.3. The van der Waals surface area contributed by atoms with Crippen molar-refractivity contribution in [3.63, 3.8) is 0 Å². The average molecular weight is 254 g/mol. The summed E-state index contributed by atoms with van der Waals surface area (Å²) in [7, 11) is 2.30. The lowest BCUT2D eigenvalue weighted by Gasteiger charge is -2.47. The number of rotatable bonds is 5. The molecule has 2 aliphatic heterocycles. The number of fused-ring (bicyclic) bond motifs is 2. The number of nitrogens with one attached hydrogen (secondary N) is 1. The molecule has 0 radical (unpaired) electrons. The second-order valence-electron chi connectivity index (χ2n) is 6.78. The van der Waals surface area contributed by atoms with Crippen molar-refractivity contribution >= 4 is 0 Å². The maximum absolute atomic E-state index is 9.47. The Morgan fingerprint density at radius 1 is 1.28 bits per heavy atom. The first kappa shape index (κ1) is 14.3. The van der Waals surface area contributed by atoms with Crippen molar-refractivity contribution in [1.82, 2.24) is 10.2 Å². The molecule has 0 aromatic carbocycles. The predicted octanol–water partition coefficient (Wildman–Crippen LogP) is 2.00. The minimum absolute atomic E-state index is 0.0540. The van der Waals surface area contributed by atoms with Gasteiger partial charge < -0.3 is 15.3 Å². The molecule has 106 valence electrons. The highest BCUT2D eigenvalue weighted by Gasteiger charge is 2.36. The van der Waals surface area contributed by atoms with Gasteiger partial charge in [0.1, 0.15) is 0 Å². The van der Waals surface area contributed by atoms with Crippen LogP contribution in [0.4, 0.5) is 0 Å².